The Balaban J connectivity index is 1.50. The van der Waals surface area contributed by atoms with Crippen molar-refractivity contribution in [1.29, 1.82) is 0 Å². The Bertz CT molecular complexity index is 2040. The number of hydrogen-bond acceptors (Lipinski definition) is 14. The molecule has 0 spiro atoms. The summed E-state index contributed by atoms with van der Waals surface area (Å²) in [5.41, 5.74) is 2.25. The lowest BCUT2D eigenvalue weighted by molar-refractivity contribution is -0.384. The molecule has 3 aromatic rings. The van der Waals surface area contributed by atoms with Gasteiger partial charge in [0.2, 0.25) is 5.79 Å². The van der Waals surface area contributed by atoms with Gasteiger partial charge in [0.1, 0.15) is 29.9 Å². The number of ether oxygens (including phenoxy) is 5. The van der Waals surface area contributed by atoms with Gasteiger partial charge in [-0.05, 0) is 92.5 Å². The van der Waals surface area contributed by atoms with E-state index >= 15 is 0 Å². The van der Waals surface area contributed by atoms with Gasteiger partial charge in [-0.1, -0.05) is 48.3 Å². The molecule has 3 aromatic carbocycles. The number of unbranched alkanes of at least 4 members (excludes halogenated alkanes) is 2. The lowest BCUT2D eigenvalue weighted by atomic mass is 9.55. The summed E-state index contributed by atoms with van der Waals surface area (Å²) >= 11 is 1.71. The van der Waals surface area contributed by atoms with E-state index in [1.807, 2.05) is 37.3 Å². The van der Waals surface area contributed by atoms with Gasteiger partial charge in [-0.2, -0.15) is 0 Å². The Morgan fingerprint density at radius 3 is 2.44 bits per heavy atom. The number of amides is 1. The number of nitro groups is 1. The first-order chi connectivity index (χ1) is 31.3. The second kappa shape index (κ2) is 24.4. The number of carbonyl (C=O) groups excluding carboxylic acids is 1. The van der Waals surface area contributed by atoms with Crippen molar-refractivity contribution in [2.24, 2.45) is 22.9 Å². The van der Waals surface area contributed by atoms with Crippen LogP contribution in [0.5, 0.6) is 17.2 Å². The molecule has 346 valence electrons. The molecule has 1 amide bonds. The van der Waals surface area contributed by atoms with E-state index in [9.17, 15) is 30.2 Å². The summed E-state index contributed by atoms with van der Waals surface area (Å²) in [7, 11) is 0. The molecule has 2 aliphatic carbocycles. The first-order valence-electron chi connectivity index (χ1n) is 22.2. The van der Waals surface area contributed by atoms with Crippen LogP contribution in [-0.4, -0.2) is 114 Å². The largest absolute Gasteiger partial charge is 0.493 e. The van der Waals surface area contributed by atoms with E-state index in [2.05, 4.69) is 30.9 Å². The SMILES string of the molecule is C=CCOC12Oc3ccc(OCCSc4ccccc4)cc3C3C(CCCCO)C(CCCCO)C=C(C(=NOCC)CC1N(CCOCCO)C(=O)Oc1ccc([N+](=O)[O-])cc1)C32. The van der Waals surface area contributed by atoms with Crippen molar-refractivity contribution in [3.8, 4) is 17.2 Å². The van der Waals surface area contributed by atoms with Crippen molar-refractivity contribution in [3.05, 3.63) is 113 Å². The molecule has 15 nitrogen and oxygen atoms in total. The molecule has 16 heteroatoms. The highest BCUT2D eigenvalue weighted by atomic mass is 32.2. The molecule has 1 aliphatic heterocycles. The highest BCUT2D eigenvalue weighted by Crippen LogP contribution is 2.62. The van der Waals surface area contributed by atoms with E-state index in [4.69, 9.17) is 33.7 Å². The number of carbonyl (C=O) groups is 1. The molecule has 3 aliphatic rings. The minimum atomic E-state index is -1.56. The molecule has 6 unspecified atom stereocenters. The molecular weight excluding hydrogens is 843 g/mol. The number of aliphatic hydroxyl groups is 3. The Hall–Kier alpha value is -4.97. The number of nitro benzene ring substituents is 1. The van der Waals surface area contributed by atoms with E-state index in [1.165, 1.54) is 29.2 Å². The fourth-order valence-corrected chi connectivity index (χ4v) is 9.97. The van der Waals surface area contributed by atoms with Crippen molar-refractivity contribution >= 4 is 29.3 Å². The average molecular weight is 904 g/mol. The van der Waals surface area contributed by atoms with Crippen LogP contribution in [0.4, 0.5) is 10.5 Å². The maximum absolute atomic E-state index is 14.7. The van der Waals surface area contributed by atoms with Gasteiger partial charge in [-0.3, -0.25) is 15.0 Å². The molecule has 6 atom stereocenters. The van der Waals surface area contributed by atoms with Gasteiger partial charge >= 0.3 is 6.09 Å². The zero-order valence-corrected chi connectivity index (χ0v) is 37.3. The van der Waals surface area contributed by atoms with Crippen molar-refractivity contribution < 1.29 is 53.6 Å². The first kappa shape index (κ1) is 48.5. The van der Waals surface area contributed by atoms with Crippen LogP contribution in [0, 0.1) is 27.9 Å². The summed E-state index contributed by atoms with van der Waals surface area (Å²) in [4.78, 5) is 34.1. The third-order valence-electron chi connectivity index (χ3n) is 11.9. The van der Waals surface area contributed by atoms with Gasteiger partial charge in [0, 0.05) is 60.4 Å². The molecule has 0 radical (unpaired) electrons. The van der Waals surface area contributed by atoms with Crippen LogP contribution >= 0.6 is 11.8 Å². The Labute approximate surface area is 379 Å². The maximum atomic E-state index is 14.7. The molecule has 1 fully saturated rings. The number of fused-ring (bicyclic) bond motifs is 2. The topological polar surface area (TPSA) is 192 Å². The summed E-state index contributed by atoms with van der Waals surface area (Å²) in [5.74, 6) is -0.298. The van der Waals surface area contributed by atoms with Crippen molar-refractivity contribution in [2.75, 3.05) is 65.2 Å². The Kier molecular flexibility index (Phi) is 18.5. The van der Waals surface area contributed by atoms with E-state index in [0.29, 0.717) is 43.3 Å². The molecule has 3 N–H and O–H groups in total. The van der Waals surface area contributed by atoms with Crippen LogP contribution in [0.1, 0.15) is 63.4 Å². The number of non-ortho nitro benzene ring substituents is 1. The third kappa shape index (κ3) is 11.8. The summed E-state index contributed by atoms with van der Waals surface area (Å²) in [6.07, 6.45) is 7.61. The van der Waals surface area contributed by atoms with Crippen LogP contribution in [0.3, 0.4) is 0 Å². The van der Waals surface area contributed by atoms with Crippen molar-refractivity contribution in [3.63, 3.8) is 0 Å². The molecule has 6 rings (SSSR count). The number of hydrogen-bond donors (Lipinski definition) is 3. The van der Waals surface area contributed by atoms with Crippen LogP contribution in [0.25, 0.3) is 0 Å². The lowest BCUT2D eigenvalue weighted by Crippen LogP contribution is -2.70. The van der Waals surface area contributed by atoms with Gasteiger partial charge in [-0.25, -0.2) is 4.79 Å². The quantitative estimate of drug-likeness (QED) is 0.0232. The number of nitrogens with zero attached hydrogens (tertiary/aromatic N) is 3. The van der Waals surface area contributed by atoms with Crippen LogP contribution in [0.15, 0.2) is 107 Å². The highest BCUT2D eigenvalue weighted by Gasteiger charge is 2.65. The summed E-state index contributed by atoms with van der Waals surface area (Å²) < 4.78 is 32.4. The minimum Gasteiger partial charge on any atom is -0.493 e. The normalized spacial score (nSPS) is 22.7. The van der Waals surface area contributed by atoms with Crippen molar-refractivity contribution in [2.45, 2.75) is 74.5 Å². The van der Waals surface area contributed by atoms with Crippen LogP contribution < -0.4 is 14.2 Å². The molecule has 0 aromatic heterocycles. The smallest absolute Gasteiger partial charge is 0.415 e. The van der Waals surface area contributed by atoms with Crippen molar-refractivity contribution in [1.82, 2.24) is 4.90 Å². The van der Waals surface area contributed by atoms with E-state index in [1.54, 1.807) is 17.8 Å². The minimum absolute atomic E-state index is 0.00210. The van der Waals surface area contributed by atoms with Gasteiger partial charge in [0.25, 0.3) is 5.69 Å². The van der Waals surface area contributed by atoms with Crippen LogP contribution in [-0.2, 0) is 14.3 Å². The number of thioether (sulfide) groups is 1. The zero-order valence-electron chi connectivity index (χ0n) is 36.5. The van der Waals surface area contributed by atoms with Gasteiger partial charge in [0.15, 0.2) is 0 Å². The summed E-state index contributed by atoms with van der Waals surface area (Å²) in [6.45, 7) is 6.61. The van der Waals surface area contributed by atoms with E-state index in [0.717, 1.165) is 47.5 Å². The monoisotopic (exact) mass is 903 g/mol. The lowest BCUT2D eigenvalue weighted by Gasteiger charge is -2.59. The number of aliphatic hydroxyl groups excluding tert-OH is 3. The van der Waals surface area contributed by atoms with Gasteiger partial charge in [-0.15, -0.1) is 18.3 Å². The third-order valence-corrected chi connectivity index (χ3v) is 12.9. The molecular formula is C48H61N3O12S. The Morgan fingerprint density at radius 2 is 1.73 bits per heavy atom. The molecule has 1 saturated carbocycles. The van der Waals surface area contributed by atoms with E-state index in [-0.39, 0.29) is 81.8 Å². The van der Waals surface area contributed by atoms with E-state index < -0.39 is 28.8 Å². The molecule has 0 saturated heterocycles. The second-order valence-corrected chi connectivity index (χ2v) is 17.0. The first-order valence-corrected chi connectivity index (χ1v) is 23.2. The highest BCUT2D eigenvalue weighted by molar-refractivity contribution is 7.99. The fraction of sp³-hybridized carbons (Fsp3) is 0.500. The number of benzene rings is 3. The molecule has 0 bridgehead atoms. The predicted molar refractivity (Wildman–Crippen MR) is 243 cm³/mol. The maximum Gasteiger partial charge on any atom is 0.415 e. The summed E-state index contributed by atoms with van der Waals surface area (Å²) in [5, 5.41) is 45.5. The number of oxime groups is 1. The Morgan fingerprint density at radius 1 is 0.984 bits per heavy atom. The van der Waals surface area contributed by atoms with Crippen LogP contribution in [0.2, 0.25) is 0 Å². The zero-order chi connectivity index (χ0) is 45.3. The second-order valence-electron chi connectivity index (χ2n) is 15.8. The summed E-state index contributed by atoms with van der Waals surface area (Å²) in [6, 6.07) is 20.3. The molecule has 64 heavy (non-hydrogen) atoms. The predicted octanol–water partition coefficient (Wildman–Crippen LogP) is 7.93. The molecule has 1 heterocycles. The number of allylic oxidation sites excluding steroid dienone is 1. The standard InChI is InChI=1S/C48H61N3O12S/c1-3-26-60-48-44(50(22-27-58-28-25-54)47(55)62-36-18-16-35(17-19-36)51(56)57)33-42(49-61-4-2)40-31-34(12-8-10-23-52)39(15-9-11-24-53)45(46(40)48)41-32-37(20-21-43(41)63-48)59-29-30-64-38-13-6-5-7-14-38/h3,5-7,13-14,16-21,31-32,34,39,44-46,52-54H,1,4,8-12,15,22-30,33H2,2H3. The average Bonchev–Trinajstić information content (AvgIpc) is 3.31. The van der Waals surface area contributed by atoms with Gasteiger partial charge < -0.3 is 43.8 Å². The fourth-order valence-electron chi connectivity index (χ4n) is 9.22. The van der Waals surface area contributed by atoms with Gasteiger partial charge in [0.05, 0.1) is 49.6 Å². The number of rotatable bonds is 26.